The van der Waals surface area contributed by atoms with Crippen molar-refractivity contribution in [3.8, 4) is 0 Å². The molecule has 5 heteroatoms. The van der Waals surface area contributed by atoms with Crippen LogP contribution in [0.15, 0.2) is 18.2 Å². The third-order valence-electron chi connectivity index (χ3n) is 2.33. The minimum atomic E-state index is -1.01. The quantitative estimate of drug-likeness (QED) is 0.759. The maximum atomic E-state index is 11.5. The highest BCUT2D eigenvalue weighted by Gasteiger charge is 2.09. The Hall–Kier alpha value is -1.88. The van der Waals surface area contributed by atoms with Gasteiger partial charge in [-0.25, -0.2) is 4.79 Å². The van der Waals surface area contributed by atoms with Gasteiger partial charge in [0.15, 0.2) is 0 Å². The molecule has 0 aliphatic rings. The van der Waals surface area contributed by atoms with Crippen molar-refractivity contribution in [1.82, 2.24) is 0 Å². The summed E-state index contributed by atoms with van der Waals surface area (Å²) in [7, 11) is 0. The lowest BCUT2D eigenvalue weighted by atomic mass is 10.1. The molecule has 0 atom stereocenters. The standard InChI is InChI=1S/C13H17NO4/c1-3-6-18-8-12(15)14-10-5-4-9(2)11(7-10)13(16)17/h4-5,7H,3,6,8H2,1-2H3,(H,14,15)(H,16,17). The van der Waals surface area contributed by atoms with Gasteiger partial charge in [0, 0.05) is 12.3 Å². The lowest BCUT2D eigenvalue weighted by Crippen LogP contribution is -2.18. The van der Waals surface area contributed by atoms with Crippen molar-refractivity contribution in [2.75, 3.05) is 18.5 Å². The van der Waals surface area contributed by atoms with Crippen LogP contribution in [0.1, 0.15) is 29.3 Å². The maximum absolute atomic E-state index is 11.5. The first-order valence-electron chi connectivity index (χ1n) is 5.76. The number of hydrogen-bond donors (Lipinski definition) is 2. The Morgan fingerprint density at radius 3 is 2.72 bits per heavy atom. The molecule has 98 valence electrons. The highest BCUT2D eigenvalue weighted by Crippen LogP contribution is 2.15. The number of anilines is 1. The smallest absolute Gasteiger partial charge is 0.336 e. The van der Waals surface area contributed by atoms with E-state index in [1.807, 2.05) is 6.92 Å². The summed E-state index contributed by atoms with van der Waals surface area (Å²) in [6.45, 7) is 4.17. The fourth-order valence-corrected chi connectivity index (χ4v) is 1.44. The summed E-state index contributed by atoms with van der Waals surface area (Å²) in [4.78, 5) is 22.4. The van der Waals surface area contributed by atoms with E-state index in [9.17, 15) is 9.59 Å². The van der Waals surface area contributed by atoms with Crippen molar-refractivity contribution in [3.05, 3.63) is 29.3 Å². The van der Waals surface area contributed by atoms with E-state index in [1.54, 1.807) is 19.1 Å². The van der Waals surface area contributed by atoms with Gasteiger partial charge in [-0.2, -0.15) is 0 Å². The van der Waals surface area contributed by atoms with Crippen molar-refractivity contribution >= 4 is 17.6 Å². The van der Waals surface area contributed by atoms with Crippen molar-refractivity contribution in [3.63, 3.8) is 0 Å². The van der Waals surface area contributed by atoms with E-state index in [1.165, 1.54) is 6.07 Å². The second-order valence-corrected chi connectivity index (χ2v) is 3.94. The molecule has 1 rings (SSSR count). The van der Waals surface area contributed by atoms with E-state index in [-0.39, 0.29) is 18.1 Å². The first kappa shape index (κ1) is 14.2. The summed E-state index contributed by atoms with van der Waals surface area (Å²) in [6.07, 6.45) is 0.848. The van der Waals surface area contributed by atoms with Crippen LogP contribution < -0.4 is 5.32 Å². The van der Waals surface area contributed by atoms with E-state index >= 15 is 0 Å². The lowest BCUT2D eigenvalue weighted by molar-refractivity contribution is -0.120. The zero-order valence-electron chi connectivity index (χ0n) is 10.5. The average Bonchev–Trinajstić information content (AvgIpc) is 2.31. The number of nitrogens with one attached hydrogen (secondary N) is 1. The van der Waals surface area contributed by atoms with Crippen LogP contribution in [0.3, 0.4) is 0 Å². The highest BCUT2D eigenvalue weighted by atomic mass is 16.5. The number of hydrogen-bond acceptors (Lipinski definition) is 3. The number of aryl methyl sites for hydroxylation is 1. The summed E-state index contributed by atoms with van der Waals surface area (Å²) < 4.78 is 5.09. The average molecular weight is 251 g/mol. The molecule has 0 saturated carbocycles. The highest BCUT2D eigenvalue weighted by molar-refractivity contribution is 5.95. The van der Waals surface area contributed by atoms with E-state index < -0.39 is 5.97 Å². The van der Waals surface area contributed by atoms with Crippen LogP contribution in [-0.2, 0) is 9.53 Å². The Balaban J connectivity index is 2.65. The summed E-state index contributed by atoms with van der Waals surface area (Å²) in [6, 6.07) is 4.76. The van der Waals surface area contributed by atoms with Crippen LogP contribution in [0, 0.1) is 6.92 Å². The lowest BCUT2D eigenvalue weighted by Gasteiger charge is -2.08. The Kier molecular flexibility index (Phi) is 5.32. The molecule has 0 heterocycles. The molecule has 5 nitrogen and oxygen atoms in total. The molecule has 1 amide bonds. The SMILES string of the molecule is CCCOCC(=O)Nc1ccc(C)c(C(=O)O)c1. The molecule has 18 heavy (non-hydrogen) atoms. The number of amides is 1. The molecule has 0 fully saturated rings. The van der Waals surface area contributed by atoms with Gasteiger partial charge in [0.05, 0.1) is 5.56 Å². The zero-order chi connectivity index (χ0) is 13.5. The first-order valence-corrected chi connectivity index (χ1v) is 5.76. The van der Waals surface area contributed by atoms with Crippen molar-refractivity contribution in [1.29, 1.82) is 0 Å². The molecule has 1 aromatic rings. The summed E-state index contributed by atoms with van der Waals surface area (Å²) in [5.41, 5.74) is 1.30. The molecule has 1 aromatic carbocycles. The number of ether oxygens (including phenoxy) is 1. The van der Waals surface area contributed by atoms with Gasteiger partial charge in [0.1, 0.15) is 6.61 Å². The zero-order valence-corrected chi connectivity index (χ0v) is 10.5. The largest absolute Gasteiger partial charge is 0.478 e. The van der Waals surface area contributed by atoms with Gasteiger partial charge in [-0.3, -0.25) is 4.79 Å². The minimum Gasteiger partial charge on any atom is -0.478 e. The fraction of sp³-hybridized carbons (Fsp3) is 0.385. The number of aromatic carboxylic acids is 1. The molecule has 0 aliphatic heterocycles. The molecule has 2 N–H and O–H groups in total. The monoisotopic (exact) mass is 251 g/mol. The van der Waals surface area contributed by atoms with Gasteiger partial charge < -0.3 is 15.2 Å². The third kappa shape index (κ3) is 4.18. The molecule has 0 unspecified atom stereocenters. The number of carboxylic acids is 1. The Labute approximate surface area is 106 Å². The second-order valence-electron chi connectivity index (χ2n) is 3.94. The number of benzene rings is 1. The molecule has 0 saturated heterocycles. The van der Waals surface area contributed by atoms with E-state index in [0.717, 1.165) is 6.42 Å². The van der Waals surface area contributed by atoms with Gasteiger partial charge in [-0.1, -0.05) is 13.0 Å². The molecule has 0 aliphatic carbocycles. The molecule has 0 aromatic heterocycles. The third-order valence-corrected chi connectivity index (χ3v) is 2.33. The summed E-state index contributed by atoms with van der Waals surface area (Å²) in [5, 5.41) is 11.6. The Morgan fingerprint density at radius 2 is 2.11 bits per heavy atom. The number of carbonyl (C=O) groups is 2. The second kappa shape index (κ2) is 6.76. The topological polar surface area (TPSA) is 75.6 Å². The van der Waals surface area contributed by atoms with Crippen molar-refractivity contribution in [2.45, 2.75) is 20.3 Å². The Bertz CT molecular complexity index is 443. The van der Waals surface area contributed by atoms with Gasteiger partial charge in [0.25, 0.3) is 0 Å². The van der Waals surface area contributed by atoms with Crippen LogP contribution in [-0.4, -0.2) is 30.2 Å². The molecule has 0 radical (unpaired) electrons. The van der Waals surface area contributed by atoms with Crippen LogP contribution in [0.2, 0.25) is 0 Å². The maximum Gasteiger partial charge on any atom is 0.336 e. The van der Waals surface area contributed by atoms with Gasteiger partial charge in [0.2, 0.25) is 5.91 Å². The number of carboxylic acid groups (broad SMARTS) is 1. The predicted molar refractivity (Wildman–Crippen MR) is 67.9 cm³/mol. The van der Waals surface area contributed by atoms with Crippen molar-refractivity contribution < 1.29 is 19.4 Å². The molecule has 0 spiro atoms. The molecule has 0 bridgehead atoms. The van der Waals surface area contributed by atoms with Gasteiger partial charge in [-0.05, 0) is 31.0 Å². The minimum absolute atomic E-state index is 0.0237. The van der Waals surface area contributed by atoms with Gasteiger partial charge in [-0.15, -0.1) is 0 Å². The predicted octanol–water partition coefficient (Wildman–Crippen LogP) is 2.06. The molecular formula is C13H17NO4. The van der Waals surface area contributed by atoms with E-state index in [2.05, 4.69) is 5.32 Å². The first-order chi connectivity index (χ1) is 8.54. The van der Waals surface area contributed by atoms with Crippen LogP contribution in [0.25, 0.3) is 0 Å². The van der Waals surface area contributed by atoms with Crippen LogP contribution in [0.4, 0.5) is 5.69 Å². The number of carbonyl (C=O) groups excluding carboxylic acids is 1. The van der Waals surface area contributed by atoms with Crippen LogP contribution >= 0.6 is 0 Å². The van der Waals surface area contributed by atoms with Crippen LogP contribution in [0.5, 0.6) is 0 Å². The van der Waals surface area contributed by atoms with Crippen molar-refractivity contribution in [2.24, 2.45) is 0 Å². The Morgan fingerprint density at radius 1 is 1.39 bits per heavy atom. The summed E-state index contributed by atoms with van der Waals surface area (Å²) in [5.74, 6) is -1.30. The van der Waals surface area contributed by atoms with Gasteiger partial charge >= 0.3 is 5.97 Å². The fourth-order valence-electron chi connectivity index (χ4n) is 1.44. The normalized spacial score (nSPS) is 10.1. The molecular weight excluding hydrogens is 234 g/mol. The number of rotatable bonds is 6. The van der Waals surface area contributed by atoms with E-state index in [4.69, 9.17) is 9.84 Å². The van der Waals surface area contributed by atoms with E-state index in [0.29, 0.717) is 17.9 Å². The summed E-state index contributed by atoms with van der Waals surface area (Å²) >= 11 is 0.